The molecule has 3 aromatic rings. The minimum Gasteiger partial charge on any atom is -0.392 e. The molecule has 0 spiro atoms. The molecule has 0 amide bonds. The van der Waals surface area contributed by atoms with Gasteiger partial charge in [0.2, 0.25) is 0 Å². The van der Waals surface area contributed by atoms with E-state index in [0.717, 1.165) is 15.0 Å². The van der Waals surface area contributed by atoms with Crippen LogP contribution in [0, 0.1) is 5.82 Å². The summed E-state index contributed by atoms with van der Waals surface area (Å²) in [5.41, 5.74) is 0.896. The lowest BCUT2D eigenvalue weighted by Crippen LogP contribution is -1.91. The molecule has 0 aliphatic heterocycles. The van der Waals surface area contributed by atoms with Gasteiger partial charge < -0.3 is 5.11 Å². The van der Waals surface area contributed by atoms with Gasteiger partial charge in [-0.15, -0.1) is 11.3 Å². The summed E-state index contributed by atoms with van der Waals surface area (Å²) in [5, 5.41) is 10.2. The Kier molecular flexibility index (Phi) is 2.86. The molecule has 18 heavy (non-hydrogen) atoms. The van der Waals surface area contributed by atoms with E-state index in [1.54, 1.807) is 29.5 Å². The second kappa shape index (κ2) is 4.52. The second-order valence-electron chi connectivity index (χ2n) is 4.09. The topological polar surface area (TPSA) is 20.2 Å². The number of hydrogen-bond acceptors (Lipinski definition) is 2. The number of thiophene rings is 1. The Morgan fingerprint density at radius 3 is 2.67 bits per heavy atom. The van der Waals surface area contributed by atoms with Crippen molar-refractivity contribution in [1.82, 2.24) is 0 Å². The van der Waals surface area contributed by atoms with Crippen molar-refractivity contribution in [3.8, 4) is 10.4 Å². The van der Waals surface area contributed by atoms with Gasteiger partial charge in [-0.25, -0.2) is 4.39 Å². The maximum atomic E-state index is 14.1. The fourth-order valence-electron chi connectivity index (χ4n) is 2.01. The summed E-state index contributed by atoms with van der Waals surface area (Å²) in [5.74, 6) is -0.327. The van der Waals surface area contributed by atoms with Crippen LogP contribution in [0.15, 0.2) is 48.5 Å². The highest BCUT2D eigenvalue weighted by Crippen LogP contribution is 2.35. The number of rotatable bonds is 2. The van der Waals surface area contributed by atoms with Gasteiger partial charge in [-0.05, 0) is 17.5 Å². The van der Waals surface area contributed by atoms with Crippen molar-refractivity contribution in [1.29, 1.82) is 0 Å². The SMILES string of the molecule is OCc1cccc(-c2cc3ccccc3s2)c1F. The van der Waals surface area contributed by atoms with Crippen molar-refractivity contribution < 1.29 is 9.50 Å². The molecule has 0 aliphatic rings. The Hall–Kier alpha value is -1.71. The first-order valence-corrected chi connectivity index (χ1v) is 6.48. The summed E-state index contributed by atoms with van der Waals surface area (Å²) in [4.78, 5) is 0.893. The second-order valence-corrected chi connectivity index (χ2v) is 5.17. The van der Waals surface area contributed by atoms with Gasteiger partial charge in [0.15, 0.2) is 0 Å². The van der Waals surface area contributed by atoms with E-state index in [4.69, 9.17) is 5.11 Å². The van der Waals surface area contributed by atoms with Gasteiger partial charge in [0, 0.05) is 20.7 Å². The van der Waals surface area contributed by atoms with Crippen LogP contribution >= 0.6 is 11.3 Å². The predicted octanol–water partition coefficient (Wildman–Crippen LogP) is 4.20. The van der Waals surface area contributed by atoms with Crippen molar-refractivity contribution in [3.05, 3.63) is 59.9 Å². The van der Waals surface area contributed by atoms with Gasteiger partial charge in [-0.2, -0.15) is 0 Å². The quantitative estimate of drug-likeness (QED) is 0.730. The van der Waals surface area contributed by atoms with Gasteiger partial charge in [-0.3, -0.25) is 0 Å². The minimum atomic E-state index is -0.327. The summed E-state index contributed by atoms with van der Waals surface area (Å²) in [6.07, 6.45) is 0. The Bertz CT molecular complexity index is 670. The fourth-order valence-corrected chi connectivity index (χ4v) is 3.09. The largest absolute Gasteiger partial charge is 0.392 e. The highest BCUT2D eigenvalue weighted by molar-refractivity contribution is 7.22. The third-order valence-electron chi connectivity index (χ3n) is 2.94. The summed E-state index contributed by atoms with van der Waals surface area (Å²) >= 11 is 1.56. The molecule has 0 radical (unpaired) electrons. The number of fused-ring (bicyclic) bond motifs is 1. The van der Waals surface area contributed by atoms with Crippen LogP contribution in [0.25, 0.3) is 20.5 Å². The van der Waals surface area contributed by atoms with E-state index in [0.29, 0.717) is 11.1 Å². The Labute approximate surface area is 108 Å². The Morgan fingerprint density at radius 2 is 1.89 bits per heavy atom. The fraction of sp³-hybridized carbons (Fsp3) is 0.0667. The maximum Gasteiger partial charge on any atom is 0.137 e. The number of aliphatic hydroxyl groups is 1. The predicted molar refractivity (Wildman–Crippen MR) is 73.1 cm³/mol. The van der Waals surface area contributed by atoms with Crippen LogP contribution < -0.4 is 0 Å². The monoisotopic (exact) mass is 258 g/mol. The highest BCUT2D eigenvalue weighted by Gasteiger charge is 2.11. The first kappa shape index (κ1) is 11.4. The molecule has 1 nitrogen and oxygen atoms in total. The molecule has 3 heteroatoms. The zero-order valence-corrected chi connectivity index (χ0v) is 10.4. The molecule has 0 fully saturated rings. The molecule has 3 rings (SSSR count). The van der Waals surface area contributed by atoms with E-state index >= 15 is 0 Å². The molecular formula is C15H11FOS. The number of halogens is 1. The molecule has 0 saturated heterocycles. The number of benzene rings is 2. The van der Waals surface area contributed by atoms with Crippen molar-refractivity contribution in [2.45, 2.75) is 6.61 Å². The van der Waals surface area contributed by atoms with Crippen LogP contribution in [0.5, 0.6) is 0 Å². The zero-order valence-electron chi connectivity index (χ0n) is 9.56. The van der Waals surface area contributed by atoms with Crippen molar-refractivity contribution in [2.75, 3.05) is 0 Å². The van der Waals surface area contributed by atoms with Crippen LogP contribution in [0.1, 0.15) is 5.56 Å². The molecule has 1 aromatic heterocycles. The molecule has 0 aliphatic carbocycles. The maximum absolute atomic E-state index is 14.1. The number of aliphatic hydroxyl groups excluding tert-OH is 1. The van der Waals surface area contributed by atoms with Gasteiger partial charge in [0.05, 0.1) is 6.61 Å². The normalized spacial score (nSPS) is 11.0. The van der Waals surface area contributed by atoms with E-state index in [9.17, 15) is 4.39 Å². The molecule has 0 bridgehead atoms. The van der Waals surface area contributed by atoms with Crippen LogP contribution in [-0.4, -0.2) is 5.11 Å². The standard InChI is InChI=1S/C15H11FOS/c16-15-11(9-17)5-3-6-12(15)14-8-10-4-1-2-7-13(10)18-14/h1-8,17H,9H2. The minimum absolute atomic E-state index is 0.273. The molecular weight excluding hydrogens is 247 g/mol. The first-order chi connectivity index (χ1) is 8.79. The Balaban J connectivity index is 2.20. The van der Waals surface area contributed by atoms with Crippen molar-refractivity contribution in [3.63, 3.8) is 0 Å². The van der Waals surface area contributed by atoms with E-state index in [2.05, 4.69) is 0 Å². The van der Waals surface area contributed by atoms with Gasteiger partial charge in [0.25, 0.3) is 0 Å². The summed E-state index contributed by atoms with van der Waals surface area (Å²) in [6, 6.07) is 15.1. The van der Waals surface area contributed by atoms with Gasteiger partial charge in [0.1, 0.15) is 5.82 Å². The molecule has 0 atom stereocenters. The van der Waals surface area contributed by atoms with E-state index in [1.807, 2.05) is 30.3 Å². The lowest BCUT2D eigenvalue weighted by molar-refractivity contribution is 0.276. The average molecular weight is 258 g/mol. The summed E-state index contributed by atoms with van der Waals surface area (Å²) in [6.45, 7) is -0.273. The molecule has 1 heterocycles. The van der Waals surface area contributed by atoms with Gasteiger partial charge in [-0.1, -0.05) is 36.4 Å². The molecule has 2 aromatic carbocycles. The molecule has 1 N–H and O–H groups in total. The smallest absolute Gasteiger partial charge is 0.137 e. The lowest BCUT2D eigenvalue weighted by Gasteiger charge is -2.03. The molecule has 0 saturated carbocycles. The van der Waals surface area contributed by atoms with Crippen LogP contribution in [-0.2, 0) is 6.61 Å². The van der Waals surface area contributed by atoms with E-state index < -0.39 is 0 Å². The molecule has 0 unspecified atom stereocenters. The summed E-state index contributed by atoms with van der Waals surface area (Å²) < 4.78 is 15.3. The molecule has 90 valence electrons. The Morgan fingerprint density at radius 1 is 1.06 bits per heavy atom. The van der Waals surface area contributed by atoms with Crippen molar-refractivity contribution >= 4 is 21.4 Å². The van der Waals surface area contributed by atoms with E-state index in [-0.39, 0.29) is 12.4 Å². The van der Waals surface area contributed by atoms with Crippen LogP contribution in [0.2, 0.25) is 0 Å². The van der Waals surface area contributed by atoms with Gasteiger partial charge >= 0.3 is 0 Å². The highest BCUT2D eigenvalue weighted by atomic mass is 32.1. The van der Waals surface area contributed by atoms with Crippen LogP contribution in [0.3, 0.4) is 0 Å². The van der Waals surface area contributed by atoms with Crippen molar-refractivity contribution in [2.24, 2.45) is 0 Å². The number of hydrogen-bond donors (Lipinski definition) is 1. The van der Waals surface area contributed by atoms with Crippen LogP contribution in [0.4, 0.5) is 4.39 Å². The zero-order chi connectivity index (χ0) is 12.5. The average Bonchev–Trinajstić information content (AvgIpc) is 2.82. The summed E-state index contributed by atoms with van der Waals surface area (Å²) in [7, 11) is 0. The van der Waals surface area contributed by atoms with E-state index in [1.165, 1.54) is 0 Å². The lowest BCUT2D eigenvalue weighted by atomic mass is 10.1. The first-order valence-electron chi connectivity index (χ1n) is 5.67. The third-order valence-corrected chi connectivity index (χ3v) is 4.09. The third kappa shape index (κ3) is 1.82.